The van der Waals surface area contributed by atoms with Crippen molar-refractivity contribution in [2.24, 2.45) is 0 Å². The normalized spacial score (nSPS) is 8.57. The van der Waals surface area contributed by atoms with Crippen molar-refractivity contribution >= 4 is 48.9 Å². The summed E-state index contributed by atoms with van der Waals surface area (Å²) in [5.74, 6) is 0. The first-order valence-corrected chi connectivity index (χ1v) is 3.69. The summed E-state index contributed by atoms with van der Waals surface area (Å²) >= 11 is -5.00. The van der Waals surface area contributed by atoms with E-state index in [2.05, 4.69) is 0 Å². The Bertz CT molecular complexity index is 27.2. The molecule has 0 atom stereocenters. The molecule has 0 aliphatic rings. The van der Waals surface area contributed by atoms with Gasteiger partial charge in [-0.15, -0.1) is 0 Å². The molecule has 7 heavy (non-hydrogen) atoms. The second kappa shape index (κ2) is 7.43. The molecule has 0 bridgehead atoms. The van der Waals surface area contributed by atoms with Gasteiger partial charge >= 0.3 is 81.8 Å². The Labute approximate surface area is 114 Å². The molecule has 0 amide bonds. The Morgan fingerprint density at radius 3 is 0.857 bits per heavy atom. The van der Waals surface area contributed by atoms with Crippen molar-refractivity contribution in [1.82, 2.24) is 0 Å². The van der Waals surface area contributed by atoms with Crippen LogP contribution in [0.1, 0.15) is 0 Å². The molecule has 0 saturated heterocycles. The third-order valence-corrected chi connectivity index (χ3v) is 0. The Balaban J connectivity index is -0.0000000800. The third-order valence-electron chi connectivity index (χ3n) is 0. The number of hydrogen-bond acceptors (Lipinski definition) is 4. The van der Waals surface area contributed by atoms with Crippen molar-refractivity contribution in [3.05, 3.63) is 0 Å². The second-order valence-electron chi connectivity index (χ2n) is 0.600. The summed E-state index contributed by atoms with van der Waals surface area (Å²) in [6, 6.07) is 0. The average Bonchev–Trinajstić information content (AvgIpc) is 0.722. The molecule has 1 radical (unpaired) electrons. The zero-order chi connectivity index (χ0) is 4.50. The van der Waals surface area contributed by atoms with E-state index in [1.165, 1.54) is 0 Å². The van der Waals surface area contributed by atoms with E-state index in [4.69, 9.17) is 14.8 Å². The van der Waals surface area contributed by atoms with Gasteiger partial charge in [0.1, 0.15) is 0 Å². The molecule has 0 fully saturated rings. The predicted octanol–water partition coefficient (Wildman–Crippen LogP) is -3.15. The molecule has 4 nitrogen and oxygen atoms in total. The van der Waals surface area contributed by atoms with Gasteiger partial charge in [-0.1, -0.05) is 0 Å². The van der Waals surface area contributed by atoms with Crippen LogP contribution in [0.2, 0.25) is 0 Å². The van der Waals surface area contributed by atoms with Gasteiger partial charge in [-0.05, 0) is 0 Å². The maximum absolute atomic E-state index is 7.38. The minimum atomic E-state index is -5.00. The Morgan fingerprint density at radius 2 is 0.857 bits per heavy atom. The maximum atomic E-state index is 7.38. The first-order valence-electron chi connectivity index (χ1n) is 0.894. The summed E-state index contributed by atoms with van der Waals surface area (Å²) in [5.41, 5.74) is 0. The molecule has 0 unspecified atom stereocenters. The minimum absolute atomic E-state index is 0. The van der Waals surface area contributed by atoms with E-state index in [0.717, 1.165) is 0 Å². The standard InChI is InChI=1S/Ba.La.4H2O.Ti.2H/h;;4*1H2;;;/q;;;;;;+4;;/p-4. The van der Waals surface area contributed by atoms with E-state index in [0.29, 0.717) is 0 Å². The molecule has 0 heterocycles. The molecule has 0 aliphatic carbocycles. The zero-order valence-corrected chi connectivity index (χ0v) is 8.05. The summed E-state index contributed by atoms with van der Waals surface area (Å²) in [6.45, 7) is 0. The molecule has 7 heteroatoms. The summed E-state index contributed by atoms with van der Waals surface area (Å²) in [5, 5.41) is 0. The molecule has 0 aromatic rings. The van der Waals surface area contributed by atoms with Crippen LogP contribution in [0.15, 0.2) is 0 Å². The molecular weight excluding hydrogens is 388 g/mol. The first kappa shape index (κ1) is 16.7. The fourth-order valence-electron chi connectivity index (χ4n) is 0. The van der Waals surface area contributed by atoms with Crippen LogP contribution in [0.25, 0.3) is 0 Å². The van der Waals surface area contributed by atoms with E-state index in [-0.39, 0.29) is 84.5 Å². The molecule has 0 rings (SSSR count). The number of hydrogen-bond donors (Lipinski definition) is 4. The molecule has 0 aromatic heterocycles. The van der Waals surface area contributed by atoms with Crippen LogP contribution in [0.3, 0.4) is 0 Å². The average molecular weight is 394 g/mol. The van der Waals surface area contributed by atoms with Crippen LogP contribution >= 0.6 is 0 Å². The van der Waals surface area contributed by atoms with Crippen molar-refractivity contribution in [1.29, 1.82) is 0 Å². The van der Waals surface area contributed by atoms with Gasteiger partial charge in [-0.2, -0.15) is 0 Å². The van der Waals surface area contributed by atoms with Crippen molar-refractivity contribution in [3.63, 3.8) is 0 Å². The predicted molar refractivity (Wildman–Crippen MR) is 17.4 cm³/mol. The van der Waals surface area contributed by atoms with E-state index in [1.54, 1.807) is 0 Å². The molecule has 4 N–H and O–H groups in total. The molecule has 0 aliphatic heterocycles. The van der Waals surface area contributed by atoms with Crippen LogP contribution in [0.4, 0.5) is 0 Å². The summed E-state index contributed by atoms with van der Waals surface area (Å²) < 4.78 is 29.5. The monoisotopic (exact) mass is 395 g/mol. The molecule has 39 valence electrons. The van der Waals surface area contributed by atoms with Crippen molar-refractivity contribution in [2.75, 3.05) is 0 Å². The van der Waals surface area contributed by atoms with Gasteiger partial charge in [0.05, 0.1) is 0 Å². The van der Waals surface area contributed by atoms with Crippen LogP contribution in [-0.2, 0) is 18.1 Å². The van der Waals surface area contributed by atoms with Crippen LogP contribution in [-0.4, -0.2) is 63.6 Å². The van der Waals surface area contributed by atoms with Gasteiger partial charge in [0.15, 0.2) is 0 Å². The van der Waals surface area contributed by atoms with Gasteiger partial charge in [0.25, 0.3) is 0 Å². The fourth-order valence-corrected chi connectivity index (χ4v) is 0. The SMILES string of the molecule is [BaH2].[La].[OH][Ti]([OH])([OH])[OH]. The quantitative estimate of drug-likeness (QED) is 0.328. The zero-order valence-electron chi connectivity index (χ0n) is 2.87. The summed E-state index contributed by atoms with van der Waals surface area (Å²) in [6.07, 6.45) is 0. The molecule has 0 aromatic carbocycles. The third kappa shape index (κ3) is 45.3. The Morgan fingerprint density at radius 1 is 0.857 bits per heavy atom. The Hall–Kier alpha value is 3.32. The van der Waals surface area contributed by atoms with E-state index >= 15 is 0 Å². The fraction of sp³-hybridized carbons (Fsp3) is 0. The van der Waals surface area contributed by atoms with Crippen molar-refractivity contribution < 1.29 is 68.5 Å². The van der Waals surface area contributed by atoms with E-state index < -0.39 is 18.1 Å². The van der Waals surface area contributed by atoms with Gasteiger partial charge in [-0.3, -0.25) is 0 Å². The van der Waals surface area contributed by atoms with Gasteiger partial charge in [0.2, 0.25) is 0 Å². The topological polar surface area (TPSA) is 80.9 Å². The van der Waals surface area contributed by atoms with Crippen LogP contribution < -0.4 is 0 Å². The van der Waals surface area contributed by atoms with Crippen LogP contribution in [0.5, 0.6) is 0 Å². The molecule has 0 saturated carbocycles. The van der Waals surface area contributed by atoms with Crippen LogP contribution in [0, 0.1) is 35.6 Å². The van der Waals surface area contributed by atoms with Gasteiger partial charge in [0, 0.05) is 35.6 Å². The second-order valence-corrected chi connectivity index (χ2v) is 2.47. The van der Waals surface area contributed by atoms with E-state index in [1.807, 2.05) is 0 Å². The van der Waals surface area contributed by atoms with Crippen molar-refractivity contribution in [2.45, 2.75) is 0 Å². The van der Waals surface area contributed by atoms with Crippen molar-refractivity contribution in [3.8, 4) is 0 Å². The first-order chi connectivity index (χ1) is 2.00. The molecular formula is H6BaLaO4Ti. The van der Waals surface area contributed by atoms with E-state index in [9.17, 15) is 0 Å². The number of rotatable bonds is 0. The van der Waals surface area contributed by atoms with Gasteiger partial charge in [-0.25, -0.2) is 0 Å². The Kier molecular flexibility index (Phi) is 17.8. The summed E-state index contributed by atoms with van der Waals surface area (Å²) in [4.78, 5) is 0. The summed E-state index contributed by atoms with van der Waals surface area (Å²) in [7, 11) is 0. The molecule has 0 spiro atoms. The van der Waals surface area contributed by atoms with Gasteiger partial charge < -0.3 is 0 Å².